The van der Waals surface area contributed by atoms with Crippen LogP contribution in [-0.4, -0.2) is 55.2 Å². The van der Waals surface area contributed by atoms with Crippen molar-refractivity contribution >= 4 is 15.4 Å². The number of rotatable bonds is 3. The zero-order valence-corrected chi connectivity index (χ0v) is 10.7. The van der Waals surface area contributed by atoms with Gasteiger partial charge in [0.2, 0.25) is 0 Å². The molecule has 8 heteroatoms. The van der Waals surface area contributed by atoms with E-state index >= 15 is 0 Å². The van der Waals surface area contributed by atoms with E-state index in [4.69, 9.17) is 24.0 Å². The Kier molecular flexibility index (Phi) is 3.51. The molecule has 0 amide bonds. The van der Waals surface area contributed by atoms with Gasteiger partial charge in [-0.05, 0) is 6.08 Å². The van der Waals surface area contributed by atoms with Crippen molar-refractivity contribution in [3.8, 4) is 0 Å². The first-order valence-corrected chi connectivity index (χ1v) is 7.14. The van der Waals surface area contributed by atoms with Crippen LogP contribution in [0, 0.1) is 0 Å². The van der Waals surface area contributed by atoms with Gasteiger partial charge in [0.1, 0.15) is 25.7 Å². The van der Waals surface area contributed by atoms with Gasteiger partial charge >= 0.3 is 7.60 Å². The molecule has 0 radical (unpaired) electrons. The van der Waals surface area contributed by atoms with Crippen molar-refractivity contribution in [1.29, 1.82) is 0 Å². The summed E-state index contributed by atoms with van der Waals surface area (Å²) in [5.41, 5.74) is -0.780. The molecule has 2 heterocycles. The van der Waals surface area contributed by atoms with E-state index in [1.807, 2.05) is 7.85 Å². The van der Waals surface area contributed by atoms with Crippen molar-refractivity contribution in [2.75, 3.05) is 13.7 Å². The van der Waals surface area contributed by atoms with E-state index in [2.05, 4.69) is 0 Å². The predicted molar refractivity (Wildman–Crippen MR) is 62.5 cm³/mol. The summed E-state index contributed by atoms with van der Waals surface area (Å²) < 4.78 is 27.6. The van der Waals surface area contributed by atoms with Crippen molar-refractivity contribution in [1.82, 2.24) is 0 Å². The van der Waals surface area contributed by atoms with Gasteiger partial charge in [0.05, 0.1) is 12.6 Å². The lowest BCUT2D eigenvalue weighted by molar-refractivity contribution is -0.110. The first kappa shape index (κ1) is 13.3. The van der Waals surface area contributed by atoms with Crippen LogP contribution in [0.1, 0.15) is 6.42 Å². The van der Waals surface area contributed by atoms with Crippen molar-refractivity contribution in [2.24, 2.45) is 0 Å². The minimum absolute atomic E-state index is 0.149. The highest BCUT2D eigenvalue weighted by Crippen LogP contribution is 2.44. The molecule has 2 fully saturated rings. The van der Waals surface area contributed by atoms with E-state index in [1.165, 1.54) is 6.08 Å². The fourth-order valence-corrected chi connectivity index (χ4v) is 3.00. The molecule has 0 spiro atoms. The van der Waals surface area contributed by atoms with E-state index in [0.717, 1.165) is 5.82 Å². The molecule has 2 bridgehead atoms. The quantitative estimate of drug-likeness (QED) is 0.512. The first-order chi connectivity index (χ1) is 7.88. The normalized spacial score (nSPS) is 42.2. The second kappa shape index (κ2) is 4.50. The zero-order valence-electron chi connectivity index (χ0n) is 9.78. The van der Waals surface area contributed by atoms with Crippen LogP contribution >= 0.6 is 7.60 Å². The summed E-state index contributed by atoms with van der Waals surface area (Å²) in [6, 6.07) is -0.149. The summed E-state index contributed by atoms with van der Waals surface area (Å²) in [4.78, 5) is 17.8. The van der Waals surface area contributed by atoms with Gasteiger partial charge < -0.3 is 24.0 Å². The topological polar surface area (TPSA) is 85.2 Å². The molecule has 0 aromatic rings. The molecule has 2 saturated heterocycles. The summed E-state index contributed by atoms with van der Waals surface area (Å²) in [6.07, 6.45) is 1.45. The van der Waals surface area contributed by atoms with Gasteiger partial charge in [-0.3, -0.25) is 4.57 Å². The number of fused-ring (bicyclic) bond motifs is 2. The summed E-state index contributed by atoms with van der Waals surface area (Å²) in [5.74, 6) is 0.888. The minimum Gasteiger partial charge on any atom is -0.375 e. The summed E-state index contributed by atoms with van der Waals surface area (Å²) in [7, 11) is -0.764. The highest BCUT2D eigenvalue weighted by atomic mass is 31.2. The third-order valence-corrected chi connectivity index (χ3v) is 3.79. The minimum atomic E-state index is -4.18. The van der Waals surface area contributed by atoms with Gasteiger partial charge in [0.25, 0.3) is 0 Å². The lowest BCUT2D eigenvalue weighted by atomic mass is 9.85. The molecule has 4 atom stereocenters. The molecule has 96 valence electrons. The molecule has 2 aliphatic heterocycles. The molecule has 0 saturated carbocycles. The SMILES string of the molecule is B[C@@H]1O[C@@]2(/C=C/P(=O)(O)O)CCOC1[C@H]2OC. The second-order valence-corrected chi connectivity index (χ2v) is 5.90. The summed E-state index contributed by atoms with van der Waals surface area (Å²) >= 11 is 0. The lowest BCUT2D eigenvalue weighted by Gasteiger charge is -2.36. The Balaban J connectivity index is 2.28. The van der Waals surface area contributed by atoms with E-state index in [-0.39, 0.29) is 18.2 Å². The third kappa shape index (κ3) is 2.50. The number of ether oxygens (including phenoxy) is 3. The fourth-order valence-electron chi connectivity index (χ4n) is 2.56. The van der Waals surface area contributed by atoms with Gasteiger partial charge in [0, 0.05) is 19.3 Å². The maximum absolute atomic E-state index is 10.9. The zero-order chi connectivity index (χ0) is 12.7. The molecule has 0 aromatic heterocycles. The second-order valence-electron chi connectivity index (χ2n) is 4.42. The lowest BCUT2D eigenvalue weighted by Crippen LogP contribution is -2.49. The largest absolute Gasteiger partial charge is 0.375 e. The maximum atomic E-state index is 10.9. The molecular formula is C9H16BO6P. The fraction of sp³-hybridized carbons (Fsp3) is 0.778. The molecule has 2 rings (SSSR count). The van der Waals surface area contributed by atoms with E-state index < -0.39 is 13.2 Å². The standard InChI is InChI=1S/C9H16BO6P/c1-14-7-6-8(10)16-9(7,2-4-15-6)3-5-17(11,12)13/h3,5-8H,2,4,10H2,1H3,(H2,11,12,13)/b5-3+/t6?,7-,8-,9-/m1/s1. The van der Waals surface area contributed by atoms with Crippen molar-refractivity contribution in [3.05, 3.63) is 11.9 Å². The van der Waals surface area contributed by atoms with Gasteiger partial charge in [-0.25, -0.2) is 0 Å². The average molecular weight is 262 g/mol. The van der Waals surface area contributed by atoms with Crippen LogP contribution in [0.4, 0.5) is 0 Å². The van der Waals surface area contributed by atoms with Crippen LogP contribution in [0.25, 0.3) is 0 Å². The summed E-state index contributed by atoms with van der Waals surface area (Å²) in [5, 5.41) is 0. The van der Waals surface area contributed by atoms with Crippen LogP contribution in [0.2, 0.25) is 0 Å². The van der Waals surface area contributed by atoms with Crippen molar-refractivity contribution in [2.45, 2.75) is 30.2 Å². The molecule has 0 aromatic carbocycles. The Hall–Kier alpha value is -0.165. The molecule has 1 unspecified atom stereocenters. The Morgan fingerprint density at radius 2 is 2.29 bits per heavy atom. The molecule has 0 aliphatic carbocycles. The predicted octanol–water partition coefficient (Wildman–Crippen LogP) is -0.790. The van der Waals surface area contributed by atoms with Crippen molar-refractivity contribution < 1.29 is 28.6 Å². The number of hydrogen-bond acceptors (Lipinski definition) is 4. The molecular weight excluding hydrogens is 246 g/mol. The van der Waals surface area contributed by atoms with Gasteiger partial charge in [-0.15, -0.1) is 0 Å². The number of methoxy groups -OCH3 is 1. The summed E-state index contributed by atoms with van der Waals surface area (Å²) in [6.45, 7) is 0.500. The number of hydrogen-bond donors (Lipinski definition) is 2. The van der Waals surface area contributed by atoms with E-state index in [1.54, 1.807) is 7.11 Å². The van der Waals surface area contributed by atoms with Crippen molar-refractivity contribution in [3.63, 3.8) is 0 Å². The maximum Gasteiger partial charge on any atom is 0.348 e. The van der Waals surface area contributed by atoms with Crippen LogP contribution in [0.3, 0.4) is 0 Å². The van der Waals surface area contributed by atoms with Gasteiger partial charge in [-0.2, -0.15) is 0 Å². The van der Waals surface area contributed by atoms with Crippen LogP contribution in [-0.2, 0) is 18.8 Å². The van der Waals surface area contributed by atoms with Crippen LogP contribution < -0.4 is 0 Å². The highest BCUT2D eigenvalue weighted by Gasteiger charge is 2.55. The average Bonchev–Trinajstić information content (AvgIpc) is 2.38. The van der Waals surface area contributed by atoms with Gasteiger partial charge in [-0.1, -0.05) is 0 Å². The Labute approximate surface area is 101 Å². The molecule has 17 heavy (non-hydrogen) atoms. The van der Waals surface area contributed by atoms with Crippen LogP contribution in [0.15, 0.2) is 11.9 Å². The Morgan fingerprint density at radius 3 is 2.88 bits per heavy atom. The first-order valence-electron chi connectivity index (χ1n) is 5.46. The highest BCUT2D eigenvalue weighted by molar-refractivity contribution is 7.55. The van der Waals surface area contributed by atoms with Crippen LogP contribution in [0.5, 0.6) is 0 Å². The smallest absolute Gasteiger partial charge is 0.348 e. The third-order valence-electron chi connectivity index (χ3n) is 3.26. The Bertz CT molecular complexity index is 368. The van der Waals surface area contributed by atoms with E-state index in [9.17, 15) is 4.57 Å². The van der Waals surface area contributed by atoms with Gasteiger partial charge in [0.15, 0.2) is 0 Å². The van der Waals surface area contributed by atoms with E-state index in [0.29, 0.717) is 13.0 Å². The Morgan fingerprint density at radius 1 is 1.59 bits per heavy atom. The molecule has 2 N–H and O–H groups in total. The molecule has 2 aliphatic rings. The monoisotopic (exact) mass is 262 g/mol. The molecule has 6 nitrogen and oxygen atoms in total.